The molecule has 16 heteroatoms. The Kier molecular flexibility index (Phi) is 5.97. The van der Waals surface area contributed by atoms with Gasteiger partial charge in [-0.3, -0.25) is 0 Å². The van der Waals surface area contributed by atoms with E-state index in [4.69, 9.17) is 0 Å². The molecule has 0 atom stereocenters. The fourth-order valence-electron chi connectivity index (χ4n) is 0.396. The number of nitrogens with one attached hydrogen (secondary N) is 1. The second-order valence-electron chi connectivity index (χ2n) is 2.55. The van der Waals surface area contributed by atoms with Gasteiger partial charge in [0.2, 0.25) is 0 Å². The number of rotatable bonds is 3. The van der Waals surface area contributed by atoms with Gasteiger partial charge in [0.05, 0.1) is 0 Å². The molecule has 0 saturated heterocycles. The van der Waals surface area contributed by atoms with E-state index in [1.165, 1.54) is 0 Å². The van der Waals surface area contributed by atoms with Crippen LogP contribution in [0.2, 0.25) is 0 Å². The van der Waals surface area contributed by atoms with Crippen LogP contribution in [0, 0.1) is 0 Å². The molecule has 110 valence electrons. The molecule has 0 bridgehead atoms. The Morgan fingerprint density at radius 1 is 0.684 bits per heavy atom. The Balaban J connectivity index is 0. The molecule has 1 N–H and O–H groups in total. The molecule has 0 aliphatic rings. The summed E-state index contributed by atoms with van der Waals surface area (Å²) in [5.41, 5.74) is -6.37. The zero-order chi connectivity index (χ0) is 15.2. The Morgan fingerprint density at radius 2 is 1.00 bits per heavy atom. The van der Waals surface area contributed by atoms with Gasteiger partial charge in [0.1, 0.15) is 0 Å². The van der Waals surface area contributed by atoms with Crippen LogP contribution >= 0.6 is 0 Å². The van der Waals surface area contributed by atoms with Gasteiger partial charge < -0.3 is 0 Å². The monoisotopic (exact) mass is 338 g/mol. The largest absolute Gasteiger partial charge is 1.00 e. The summed E-state index contributed by atoms with van der Waals surface area (Å²) in [6, 6.07) is 0. The van der Waals surface area contributed by atoms with E-state index in [-0.39, 0.29) is 18.9 Å². The zero-order valence-corrected chi connectivity index (χ0v) is 10.1. The molecule has 0 unspecified atom stereocenters. The summed E-state index contributed by atoms with van der Waals surface area (Å²) in [4.78, 5) is 0. The predicted molar refractivity (Wildman–Crippen MR) is 38.0 cm³/mol. The molecule has 5 nitrogen and oxygen atoms in total. The molecule has 0 heterocycles. The van der Waals surface area contributed by atoms with E-state index in [1.54, 1.807) is 0 Å². The maximum Gasteiger partial charge on any atom is 1.00 e. The Labute approximate surface area is 112 Å². The summed E-state index contributed by atoms with van der Waals surface area (Å²) in [6.07, 6.45) is -6.79. The van der Waals surface area contributed by atoms with Crippen molar-refractivity contribution in [1.29, 1.82) is 0 Å². The SMILES string of the molecule is O=S(=O)(NS(=O)(=O)C(F)(F)C(F)(F)F)C(F)(F)F.[Li+]. The Morgan fingerprint density at radius 3 is 1.21 bits per heavy atom. The van der Waals surface area contributed by atoms with Crippen LogP contribution in [0.4, 0.5) is 35.1 Å². The van der Waals surface area contributed by atoms with Crippen LogP contribution in [0.15, 0.2) is 0 Å². The van der Waals surface area contributed by atoms with Crippen LogP contribution in [0.5, 0.6) is 0 Å². The normalized spacial score (nSPS) is 14.9. The van der Waals surface area contributed by atoms with Gasteiger partial charge in [-0.15, -0.1) is 0 Å². The quantitative estimate of drug-likeness (QED) is 0.473. The van der Waals surface area contributed by atoms with Gasteiger partial charge in [-0.25, -0.2) is 16.8 Å². The second kappa shape index (κ2) is 5.35. The van der Waals surface area contributed by atoms with Crippen molar-refractivity contribution in [1.82, 2.24) is 4.13 Å². The first kappa shape index (κ1) is 21.2. The first-order chi connectivity index (χ1) is 7.46. The number of alkyl halides is 8. The molecular weight excluding hydrogens is 337 g/mol. The van der Waals surface area contributed by atoms with E-state index in [9.17, 15) is 52.0 Å². The molecule has 0 rings (SSSR count). The molecule has 0 aliphatic carbocycles. The van der Waals surface area contributed by atoms with E-state index in [0.717, 1.165) is 0 Å². The Bertz CT molecular complexity index is 517. The average Bonchev–Trinajstić information content (AvgIpc) is 1.96. The van der Waals surface area contributed by atoms with E-state index >= 15 is 0 Å². The van der Waals surface area contributed by atoms with E-state index in [1.807, 2.05) is 0 Å². The van der Waals surface area contributed by atoms with Gasteiger partial charge in [0.25, 0.3) is 0 Å². The summed E-state index contributed by atoms with van der Waals surface area (Å²) in [5, 5.41) is -6.71. The summed E-state index contributed by atoms with van der Waals surface area (Å²) in [7, 11) is -14.1. The fourth-order valence-corrected chi connectivity index (χ4v) is 2.65. The van der Waals surface area contributed by atoms with Crippen molar-refractivity contribution in [3.63, 3.8) is 0 Å². The first-order valence-corrected chi connectivity index (χ1v) is 6.21. The minimum atomic E-state index is -7.17. The first-order valence-electron chi connectivity index (χ1n) is 3.25. The standard InChI is InChI=1S/C3HF8NO4S2.Li/c4-1(5,6)2(7,8)17(13,14)12-18(15,16)3(9,10)11;/h12H;/q;+1. The predicted octanol–water partition coefficient (Wildman–Crippen LogP) is -2.09. The third-order valence-corrected chi connectivity index (χ3v) is 4.46. The van der Waals surface area contributed by atoms with Crippen LogP contribution in [0.3, 0.4) is 0 Å². The van der Waals surface area contributed by atoms with Gasteiger partial charge in [0, 0.05) is 0 Å². The molecule has 0 radical (unpaired) electrons. The summed E-state index contributed by atoms with van der Waals surface area (Å²) in [5.74, 6) is 0. The summed E-state index contributed by atoms with van der Waals surface area (Å²) >= 11 is 0. The molecule has 0 saturated carbocycles. The van der Waals surface area contributed by atoms with Crippen molar-refractivity contribution in [3.8, 4) is 0 Å². The van der Waals surface area contributed by atoms with Gasteiger partial charge >= 0.3 is 55.8 Å². The van der Waals surface area contributed by atoms with E-state index in [2.05, 4.69) is 0 Å². The maximum absolute atomic E-state index is 12.2. The number of sulfonamides is 2. The van der Waals surface area contributed by atoms with Gasteiger partial charge in [-0.05, 0) is 0 Å². The minimum absolute atomic E-state index is 0. The fraction of sp³-hybridized carbons (Fsp3) is 1.00. The second-order valence-corrected chi connectivity index (χ2v) is 6.21. The van der Waals surface area contributed by atoms with Crippen molar-refractivity contribution in [2.75, 3.05) is 0 Å². The summed E-state index contributed by atoms with van der Waals surface area (Å²) in [6.45, 7) is 0. The van der Waals surface area contributed by atoms with Crippen molar-refractivity contribution in [3.05, 3.63) is 0 Å². The number of hydrogen-bond acceptors (Lipinski definition) is 4. The van der Waals surface area contributed by atoms with Crippen LogP contribution in [0.25, 0.3) is 0 Å². The van der Waals surface area contributed by atoms with Crippen molar-refractivity contribution >= 4 is 20.0 Å². The number of hydrogen-bond donors (Lipinski definition) is 1. The average molecular weight is 338 g/mol. The van der Waals surface area contributed by atoms with Crippen molar-refractivity contribution in [2.24, 2.45) is 0 Å². The van der Waals surface area contributed by atoms with Crippen molar-refractivity contribution < 1.29 is 70.8 Å². The molecule has 0 spiro atoms. The van der Waals surface area contributed by atoms with Gasteiger partial charge in [0.15, 0.2) is 0 Å². The molecular formula is C3HF8LiNO4S2+. The third-order valence-electron chi connectivity index (χ3n) is 1.19. The van der Waals surface area contributed by atoms with Gasteiger partial charge in [-0.2, -0.15) is 35.1 Å². The molecule has 0 fully saturated rings. The summed E-state index contributed by atoms with van der Waals surface area (Å²) < 4.78 is 134. The Hall–Kier alpha value is -0.103. The van der Waals surface area contributed by atoms with Gasteiger partial charge in [-0.1, -0.05) is 4.13 Å². The molecule has 19 heavy (non-hydrogen) atoms. The van der Waals surface area contributed by atoms with Crippen LogP contribution in [-0.4, -0.2) is 33.8 Å². The van der Waals surface area contributed by atoms with Crippen LogP contribution < -0.4 is 23.0 Å². The number of halogens is 8. The van der Waals surface area contributed by atoms with E-state index < -0.39 is 41.1 Å². The van der Waals surface area contributed by atoms with Crippen LogP contribution in [-0.2, 0) is 20.0 Å². The minimum Gasteiger partial charge on any atom is -0.205 e. The van der Waals surface area contributed by atoms with E-state index in [0.29, 0.717) is 0 Å². The molecule has 0 amide bonds. The van der Waals surface area contributed by atoms with Crippen LogP contribution in [0.1, 0.15) is 0 Å². The molecule has 0 aromatic heterocycles. The van der Waals surface area contributed by atoms with Crippen molar-refractivity contribution in [2.45, 2.75) is 16.9 Å². The molecule has 0 aromatic rings. The topological polar surface area (TPSA) is 80.3 Å². The maximum atomic E-state index is 12.2. The third kappa shape index (κ3) is 4.18. The molecule has 0 aromatic carbocycles. The molecule has 0 aliphatic heterocycles. The smallest absolute Gasteiger partial charge is 0.205 e. The zero-order valence-electron chi connectivity index (χ0n) is 8.47.